The van der Waals surface area contributed by atoms with Gasteiger partial charge in [0.1, 0.15) is 19.5 Å². The molecule has 0 aliphatic heterocycles. The summed E-state index contributed by atoms with van der Waals surface area (Å²) in [5.74, 6) is -0.921. The molecule has 0 N–H and O–H groups in total. The Balaban J connectivity index is 3.21. The normalized spacial score (nSPS) is 10.1. The second-order valence-electron chi connectivity index (χ2n) is 2.55. The Morgan fingerprint density at radius 3 is 2.45 bits per heavy atom. The lowest BCUT2D eigenvalue weighted by atomic mass is 9.95. The SMILES string of the molecule is BCc1cc(C)c(F)cc1F. The smallest absolute Gasteiger partial charge is 0.129 e. The highest BCUT2D eigenvalue weighted by Crippen LogP contribution is 2.13. The molecule has 0 aliphatic rings. The van der Waals surface area contributed by atoms with E-state index in [-0.39, 0.29) is 0 Å². The minimum atomic E-state index is -0.472. The third-order valence-electron chi connectivity index (χ3n) is 1.71. The standard InChI is InChI=1S/C8H9BF2/c1-5-2-6(4-9)8(11)3-7(5)10/h2-3H,4,9H2,1H3. The van der Waals surface area contributed by atoms with Crippen molar-refractivity contribution in [2.24, 2.45) is 0 Å². The van der Waals surface area contributed by atoms with Gasteiger partial charge in [-0.25, -0.2) is 8.78 Å². The molecular formula is C8H9BF2. The first-order chi connectivity index (χ1) is 5.15. The van der Waals surface area contributed by atoms with Crippen molar-refractivity contribution in [3.63, 3.8) is 0 Å². The molecule has 11 heavy (non-hydrogen) atoms. The number of hydrogen-bond donors (Lipinski definition) is 0. The fourth-order valence-corrected chi connectivity index (χ4v) is 0.988. The zero-order valence-corrected chi connectivity index (χ0v) is 6.62. The molecule has 0 heterocycles. The Labute approximate surface area is 65.6 Å². The topological polar surface area (TPSA) is 0 Å². The molecule has 0 aromatic heterocycles. The zero-order chi connectivity index (χ0) is 8.43. The van der Waals surface area contributed by atoms with Crippen LogP contribution in [0.4, 0.5) is 8.78 Å². The summed E-state index contributed by atoms with van der Waals surface area (Å²) in [6.45, 7) is 1.63. The molecule has 0 radical (unpaired) electrons. The van der Waals surface area contributed by atoms with E-state index in [0.29, 0.717) is 17.4 Å². The Bertz CT molecular complexity index is 271. The summed E-state index contributed by atoms with van der Waals surface area (Å²) in [5, 5.41) is 0. The average molecular weight is 154 g/mol. The molecule has 3 heteroatoms. The summed E-state index contributed by atoms with van der Waals surface area (Å²) in [6.07, 6.45) is 0.604. The molecule has 1 rings (SSSR count). The second kappa shape index (κ2) is 3.03. The van der Waals surface area contributed by atoms with Crippen molar-refractivity contribution >= 4 is 7.85 Å². The third kappa shape index (κ3) is 1.59. The van der Waals surface area contributed by atoms with Crippen LogP contribution in [0.5, 0.6) is 0 Å². The van der Waals surface area contributed by atoms with E-state index in [0.717, 1.165) is 6.07 Å². The van der Waals surface area contributed by atoms with E-state index in [1.807, 2.05) is 7.85 Å². The largest absolute Gasteiger partial charge is 0.207 e. The lowest BCUT2D eigenvalue weighted by Gasteiger charge is -2.01. The molecular weight excluding hydrogens is 145 g/mol. The predicted octanol–water partition coefficient (Wildman–Crippen LogP) is 1.41. The van der Waals surface area contributed by atoms with Gasteiger partial charge in [-0.3, -0.25) is 0 Å². The lowest BCUT2D eigenvalue weighted by Crippen LogP contribution is -1.94. The van der Waals surface area contributed by atoms with Gasteiger partial charge < -0.3 is 0 Å². The highest BCUT2D eigenvalue weighted by Gasteiger charge is 2.04. The van der Waals surface area contributed by atoms with Crippen LogP contribution in [0.3, 0.4) is 0 Å². The summed E-state index contributed by atoms with van der Waals surface area (Å²) in [4.78, 5) is 0. The van der Waals surface area contributed by atoms with Crippen LogP contribution in [-0.4, -0.2) is 7.85 Å². The van der Waals surface area contributed by atoms with Gasteiger partial charge in [0, 0.05) is 6.07 Å². The number of halogens is 2. The Morgan fingerprint density at radius 1 is 1.27 bits per heavy atom. The van der Waals surface area contributed by atoms with Crippen LogP contribution in [0, 0.1) is 18.6 Å². The van der Waals surface area contributed by atoms with Gasteiger partial charge in [-0.05, 0) is 18.1 Å². The van der Waals surface area contributed by atoms with E-state index in [4.69, 9.17) is 0 Å². The highest BCUT2D eigenvalue weighted by atomic mass is 19.1. The summed E-state index contributed by atoms with van der Waals surface area (Å²) in [6, 6.07) is 2.48. The van der Waals surface area contributed by atoms with Gasteiger partial charge >= 0.3 is 0 Å². The molecule has 1 aromatic carbocycles. The van der Waals surface area contributed by atoms with E-state index in [1.54, 1.807) is 13.0 Å². The van der Waals surface area contributed by atoms with E-state index >= 15 is 0 Å². The maximum absolute atomic E-state index is 12.8. The molecule has 0 bridgehead atoms. The van der Waals surface area contributed by atoms with Crippen LogP contribution < -0.4 is 0 Å². The molecule has 58 valence electrons. The minimum Gasteiger partial charge on any atom is -0.207 e. The molecule has 0 aliphatic carbocycles. The van der Waals surface area contributed by atoms with E-state index in [2.05, 4.69) is 0 Å². The van der Waals surface area contributed by atoms with Crippen molar-refractivity contribution in [1.82, 2.24) is 0 Å². The first-order valence-corrected chi connectivity index (χ1v) is 3.59. The van der Waals surface area contributed by atoms with Crippen LogP contribution in [0.25, 0.3) is 0 Å². The van der Waals surface area contributed by atoms with Crippen molar-refractivity contribution < 1.29 is 8.78 Å². The monoisotopic (exact) mass is 154 g/mol. The van der Waals surface area contributed by atoms with Gasteiger partial charge in [-0.2, -0.15) is 0 Å². The van der Waals surface area contributed by atoms with Crippen LogP contribution in [-0.2, 0) is 6.32 Å². The quantitative estimate of drug-likeness (QED) is 0.536. The Kier molecular flexibility index (Phi) is 2.27. The van der Waals surface area contributed by atoms with Crippen LogP contribution in [0.15, 0.2) is 12.1 Å². The lowest BCUT2D eigenvalue weighted by molar-refractivity contribution is 0.571. The first-order valence-electron chi connectivity index (χ1n) is 3.59. The van der Waals surface area contributed by atoms with E-state index in [1.165, 1.54) is 0 Å². The van der Waals surface area contributed by atoms with Crippen molar-refractivity contribution in [3.05, 3.63) is 34.9 Å². The van der Waals surface area contributed by atoms with Crippen molar-refractivity contribution in [3.8, 4) is 0 Å². The molecule has 0 nitrogen and oxygen atoms in total. The van der Waals surface area contributed by atoms with Crippen LogP contribution in [0.2, 0.25) is 0 Å². The van der Waals surface area contributed by atoms with Crippen molar-refractivity contribution in [2.45, 2.75) is 13.2 Å². The molecule has 0 fully saturated rings. The van der Waals surface area contributed by atoms with Crippen molar-refractivity contribution in [1.29, 1.82) is 0 Å². The molecule has 0 spiro atoms. The molecule has 1 aromatic rings. The summed E-state index contributed by atoms with van der Waals surface area (Å²) in [5.41, 5.74) is 1.08. The van der Waals surface area contributed by atoms with Gasteiger partial charge in [0.25, 0.3) is 0 Å². The van der Waals surface area contributed by atoms with Gasteiger partial charge in [-0.1, -0.05) is 12.4 Å². The minimum absolute atomic E-state index is 0.449. The number of rotatable bonds is 1. The molecule has 0 amide bonds. The van der Waals surface area contributed by atoms with Gasteiger partial charge in [-0.15, -0.1) is 0 Å². The van der Waals surface area contributed by atoms with E-state index < -0.39 is 11.6 Å². The zero-order valence-electron chi connectivity index (χ0n) is 6.62. The average Bonchev–Trinajstić information content (AvgIpc) is 1.97. The number of benzene rings is 1. The fourth-order valence-electron chi connectivity index (χ4n) is 0.988. The van der Waals surface area contributed by atoms with Gasteiger partial charge in [0.2, 0.25) is 0 Å². The first kappa shape index (κ1) is 8.24. The number of hydrogen-bond acceptors (Lipinski definition) is 0. The Hall–Kier alpha value is -0.855. The van der Waals surface area contributed by atoms with Gasteiger partial charge in [0.15, 0.2) is 0 Å². The highest BCUT2D eigenvalue weighted by molar-refractivity contribution is 6.08. The maximum atomic E-state index is 12.8. The van der Waals surface area contributed by atoms with Gasteiger partial charge in [0.05, 0.1) is 0 Å². The second-order valence-corrected chi connectivity index (χ2v) is 2.55. The Morgan fingerprint density at radius 2 is 1.91 bits per heavy atom. The molecule has 0 saturated heterocycles. The maximum Gasteiger partial charge on any atom is 0.129 e. The van der Waals surface area contributed by atoms with Crippen molar-refractivity contribution in [2.75, 3.05) is 0 Å². The third-order valence-corrected chi connectivity index (χ3v) is 1.71. The predicted molar refractivity (Wildman–Crippen MR) is 43.3 cm³/mol. The number of aryl methyl sites for hydroxylation is 1. The fraction of sp³-hybridized carbons (Fsp3) is 0.250. The van der Waals surface area contributed by atoms with Crippen LogP contribution in [0.1, 0.15) is 11.1 Å². The summed E-state index contributed by atoms with van der Waals surface area (Å²) in [7, 11) is 1.84. The molecule has 0 atom stereocenters. The summed E-state index contributed by atoms with van der Waals surface area (Å²) >= 11 is 0. The van der Waals surface area contributed by atoms with E-state index in [9.17, 15) is 8.78 Å². The van der Waals surface area contributed by atoms with Crippen LogP contribution >= 0.6 is 0 Å². The summed E-state index contributed by atoms with van der Waals surface area (Å²) < 4.78 is 25.4. The molecule has 0 unspecified atom stereocenters. The molecule has 0 saturated carbocycles.